The summed E-state index contributed by atoms with van der Waals surface area (Å²) < 4.78 is 33.4. The molecule has 0 spiro atoms. The van der Waals surface area contributed by atoms with Crippen LogP contribution < -0.4 is 0 Å². The van der Waals surface area contributed by atoms with Gasteiger partial charge in [-0.2, -0.15) is 5.10 Å². The molecule has 0 unspecified atom stereocenters. The SMILES string of the molecule is OC[C@H]1O[C@@H](n2ncc3cncnc32)CC1(F)F. The molecule has 2 aromatic heterocycles. The summed E-state index contributed by atoms with van der Waals surface area (Å²) in [6.45, 7) is -0.725. The Kier molecular flexibility index (Phi) is 2.49. The Morgan fingerprint density at radius 3 is 3.06 bits per heavy atom. The van der Waals surface area contributed by atoms with Crippen LogP contribution in [0.1, 0.15) is 12.6 Å². The Morgan fingerprint density at radius 1 is 1.50 bits per heavy atom. The number of rotatable bonds is 2. The van der Waals surface area contributed by atoms with Crippen LogP contribution in [0.5, 0.6) is 0 Å². The third-order valence-electron chi connectivity index (χ3n) is 2.93. The number of ether oxygens (including phenoxy) is 1. The molecule has 96 valence electrons. The molecule has 18 heavy (non-hydrogen) atoms. The molecule has 1 aliphatic heterocycles. The number of nitrogens with zero attached hydrogens (tertiary/aromatic N) is 4. The summed E-state index contributed by atoms with van der Waals surface area (Å²) in [6, 6.07) is 0. The van der Waals surface area contributed by atoms with Crippen molar-refractivity contribution in [2.45, 2.75) is 24.7 Å². The topological polar surface area (TPSA) is 73.1 Å². The van der Waals surface area contributed by atoms with Crippen LogP contribution in [0, 0.1) is 0 Å². The molecule has 1 aliphatic rings. The predicted octanol–water partition coefficient (Wildman–Crippen LogP) is 0.741. The van der Waals surface area contributed by atoms with E-state index in [0.717, 1.165) is 0 Å². The number of fused-ring (bicyclic) bond motifs is 1. The third kappa shape index (κ3) is 1.65. The van der Waals surface area contributed by atoms with Crippen LogP contribution in [0.3, 0.4) is 0 Å². The van der Waals surface area contributed by atoms with Crippen molar-refractivity contribution in [2.24, 2.45) is 0 Å². The fourth-order valence-electron chi connectivity index (χ4n) is 2.03. The number of hydrogen-bond acceptors (Lipinski definition) is 5. The fourth-order valence-corrected chi connectivity index (χ4v) is 2.03. The van der Waals surface area contributed by atoms with Gasteiger partial charge in [-0.05, 0) is 0 Å². The first-order valence-corrected chi connectivity index (χ1v) is 5.39. The van der Waals surface area contributed by atoms with Gasteiger partial charge in [0.25, 0.3) is 5.92 Å². The minimum atomic E-state index is -3.06. The molecule has 1 saturated heterocycles. The highest BCUT2D eigenvalue weighted by Gasteiger charge is 2.51. The van der Waals surface area contributed by atoms with Gasteiger partial charge in [0, 0.05) is 6.20 Å². The molecule has 2 atom stereocenters. The van der Waals surface area contributed by atoms with Gasteiger partial charge in [0.05, 0.1) is 24.6 Å². The first-order valence-electron chi connectivity index (χ1n) is 5.39. The van der Waals surface area contributed by atoms with E-state index >= 15 is 0 Å². The normalized spacial score (nSPS) is 26.8. The van der Waals surface area contributed by atoms with E-state index in [9.17, 15) is 8.78 Å². The molecule has 0 aromatic carbocycles. The van der Waals surface area contributed by atoms with Crippen molar-refractivity contribution in [3.8, 4) is 0 Å². The Hall–Kier alpha value is -1.67. The monoisotopic (exact) mass is 256 g/mol. The van der Waals surface area contributed by atoms with Gasteiger partial charge in [-0.3, -0.25) is 0 Å². The lowest BCUT2D eigenvalue weighted by Crippen LogP contribution is -2.31. The van der Waals surface area contributed by atoms with Crippen molar-refractivity contribution in [1.29, 1.82) is 0 Å². The Bertz CT molecular complexity index is 574. The molecule has 0 aliphatic carbocycles. The Labute approximate surface area is 100 Å². The maximum atomic E-state index is 13.5. The summed E-state index contributed by atoms with van der Waals surface area (Å²) in [5, 5.41) is 13.5. The van der Waals surface area contributed by atoms with Gasteiger partial charge in [0.1, 0.15) is 12.4 Å². The average Bonchev–Trinajstić information content (AvgIpc) is 2.89. The summed E-state index contributed by atoms with van der Waals surface area (Å²) in [5.74, 6) is -3.06. The van der Waals surface area contributed by atoms with Gasteiger partial charge in [0.2, 0.25) is 0 Å². The second kappa shape index (κ2) is 3.92. The Morgan fingerprint density at radius 2 is 2.33 bits per heavy atom. The lowest BCUT2D eigenvalue weighted by atomic mass is 10.2. The molecule has 0 bridgehead atoms. The van der Waals surface area contributed by atoms with Crippen LogP contribution in [0.4, 0.5) is 8.78 Å². The molecular formula is C10H10F2N4O2. The van der Waals surface area contributed by atoms with Crippen molar-refractivity contribution >= 4 is 11.0 Å². The maximum absolute atomic E-state index is 13.5. The number of aliphatic hydroxyl groups is 1. The van der Waals surface area contributed by atoms with Crippen molar-refractivity contribution in [1.82, 2.24) is 19.7 Å². The van der Waals surface area contributed by atoms with Crippen LogP contribution in [-0.4, -0.2) is 43.5 Å². The van der Waals surface area contributed by atoms with Crippen LogP contribution >= 0.6 is 0 Å². The molecule has 0 amide bonds. The minimum absolute atomic E-state index is 0.435. The highest BCUT2D eigenvalue weighted by Crippen LogP contribution is 2.40. The molecule has 8 heteroatoms. The molecule has 1 N–H and O–H groups in total. The molecule has 2 aromatic rings. The van der Waals surface area contributed by atoms with Gasteiger partial charge in [-0.25, -0.2) is 23.4 Å². The number of halogens is 2. The van der Waals surface area contributed by atoms with Gasteiger partial charge in [0.15, 0.2) is 11.9 Å². The van der Waals surface area contributed by atoms with Crippen LogP contribution in [0.15, 0.2) is 18.7 Å². The first-order chi connectivity index (χ1) is 8.62. The van der Waals surface area contributed by atoms with E-state index < -0.39 is 31.3 Å². The summed E-state index contributed by atoms with van der Waals surface area (Å²) >= 11 is 0. The van der Waals surface area contributed by atoms with Crippen LogP contribution in [-0.2, 0) is 4.74 Å². The van der Waals surface area contributed by atoms with Crippen molar-refractivity contribution in [3.05, 3.63) is 18.7 Å². The van der Waals surface area contributed by atoms with E-state index in [4.69, 9.17) is 9.84 Å². The van der Waals surface area contributed by atoms with E-state index in [2.05, 4.69) is 15.1 Å². The van der Waals surface area contributed by atoms with Crippen molar-refractivity contribution in [3.63, 3.8) is 0 Å². The van der Waals surface area contributed by atoms with Gasteiger partial charge >= 0.3 is 0 Å². The average molecular weight is 256 g/mol. The van der Waals surface area contributed by atoms with Gasteiger partial charge in [-0.1, -0.05) is 0 Å². The molecule has 3 rings (SSSR count). The highest BCUT2D eigenvalue weighted by atomic mass is 19.3. The van der Waals surface area contributed by atoms with E-state index in [-0.39, 0.29) is 0 Å². The lowest BCUT2D eigenvalue weighted by Gasteiger charge is -2.13. The van der Waals surface area contributed by atoms with E-state index in [1.54, 1.807) is 6.20 Å². The summed E-state index contributed by atoms with van der Waals surface area (Å²) in [5.41, 5.74) is 0.435. The molecular weight excluding hydrogens is 246 g/mol. The zero-order valence-corrected chi connectivity index (χ0v) is 9.20. The second-order valence-electron chi connectivity index (χ2n) is 4.12. The summed E-state index contributed by atoms with van der Waals surface area (Å²) in [4.78, 5) is 7.81. The van der Waals surface area contributed by atoms with Crippen LogP contribution in [0.25, 0.3) is 11.0 Å². The minimum Gasteiger partial charge on any atom is -0.393 e. The van der Waals surface area contributed by atoms with Crippen molar-refractivity contribution in [2.75, 3.05) is 6.61 Å². The number of alkyl halides is 2. The standard InChI is InChI=1S/C10H10F2N4O2/c11-10(12)1-8(18-7(10)4-17)16-9-6(3-15-16)2-13-5-14-9/h2-3,5,7-8,17H,1,4H2/t7-,8-/m1/s1. The second-order valence-corrected chi connectivity index (χ2v) is 4.12. The zero-order valence-electron chi connectivity index (χ0n) is 9.20. The number of hydrogen-bond donors (Lipinski definition) is 1. The maximum Gasteiger partial charge on any atom is 0.280 e. The highest BCUT2D eigenvalue weighted by molar-refractivity contribution is 5.72. The molecule has 0 radical (unpaired) electrons. The van der Waals surface area contributed by atoms with E-state index in [1.165, 1.54) is 17.2 Å². The lowest BCUT2D eigenvalue weighted by molar-refractivity contribution is -0.102. The predicted molar refractivity (Wildman–Crippen MR) is 55.9 cm³/mol. The number of aliphatic hydroxyl groups excluding tert-OH is 1. The van der Waals surface area contributed by atoms with Crippen molar-refractivity contribution < 1.29 is 18.6 Å². The molecule has 1 fully saturated rings. The first kappa shape index (κ1) is 11.4. The summed E-state index contributed by atoms with van der Waals surface area (Å²) in [6.07, 6.45) is 1.40. The fraction of sp³-hybridized carbons (Fsp3) is 0.500. The van der Waals surface area contributed by atoms with E-state index in [1.807, 2.05) is 0 Å². The zero-order chi connectivity index (χ0) is 12.8. The largest absolute Gasteiger partial charge is 0.393 e. The van der Waals surface area contributed by atoms with E-state index in [0.29, 0.717) is 11.0 Å². The Balaban J connectivity index is 1.97. The van der Waals surface area contributed by atoms with Crippen LogP contribution in [0.2, 0.25) is 0 Å². The number of aromatic nitrogens is 4. The quantitative estimate of drug-likeness (QED) is 0.858. The molecule has 0 saturated carbocycles. The molecule has 6 nitrogen and oxygen atoms in total. The smallest absolute Gasteiger partial charge is 0.280 e. The summed E-state index contributed by atoms with van der Waals surface area (Å²) in [7, 11) is 0. The van der Waals surface area contributed by atoms with Gasteiger partial charge in [-0.15, -0.1) is 0 Å². The third-order valence-corrected chi connectivity index (χ3v) is 2.93. The van der Waals surface area contributed by atoms with Gasteiger partial charge < -0.3 is 9.84 Å². The molecule has 3 heterocycles.